The van der Waals surface area contributed by atoms with Gasteiger partial charge >= 0.3 is 19.5 Å². The largest absolute Gasteiger partial charge is 2.00 e. The fourth-order valence-corrected chi connectivity index (χ4v) is 0.293. The Morgan fingerprint density at radius 1 is 0.867 bits per heavy atom. The molecule has 0 saturated carbocycles. The number of allylic oxidation sites excluding steroid dienone is 4. The van der Waals surface area contributed by atoms with E-state index in [9.17, 15) is 19.8 Å². The van der Waals surface area contributed by atoms with Crippen LogP contribution in [0.3, 0.4) is 0 Å². The van der Waals surface area contributed by atoms with Crippen LogP contribution in [-0.4, -0.2) is 11.9 Å². The fraction of sp³-hybridized carbons (Fsp3) is 0. The summed E-state index contributed by atoms with van der Waals surface area (Å²) in [5.74, 6) is -2.39. The molecule has 0 heterocycles. The number of hydrogen-bond acceptors (Lipinski definition) is 4. The van der Waals surface area contributed by atoms with Crippen LogP contribution >= 0.6 is 0 Å². The summed E-state index contributed by atoms with van der Waals surface area (Å²) in [6, 6.07) is 0. The van der Waals surface area contributed by atoms with Crippen molar-refractivity contribution in [2.24, 2.45) is 0 Å². The molecule has 0 aromatic rings. The maximum absolute atomic E-state index is 9.51. The van der Waals surface area contributed by atoms with E-state index in [1.54, 1.807) is 0 Å². The SMILES string of the molecule is C=CC=CC(=O)[O-].C=CC=CC(=O)[O-].[Zn+2]. The van der Waals surface area contributed by atoms with Gasteiger partial charge in [0, 0.05) is 0 Å². The van der Waals surface area contributed by atoms with Crippen LogP contribution in [0.25, 0.3) is 0 Å². The van der Waals surface area contributed by atoms with Gasteiger partial charge in [-0.25, -0.2) is 0 Å². The summed E-state index contributed by atoms with van der Waals surface area (Å²) in [5.41, 5.74) is 0. The van der Waals surface area contributed by atoms with E-state index in [-0.39, 0.29) is 19.5 Å². The van der Waals surface area contributed by atoms with Gasteiger partial charge < -0.3 is 19.8 Å². The molecular weight excluding hydrogens is 249 g/mol. The van der Waals surface area contributed by atoms with Crippen LogP contribution < -0.4 is 10.2 Å². The Kier molecular flexibility index (Phi) is 19.2. The number of carbonyl (C=O) groups is 2. The number of hydrogen-bond donors (Lipinski definition) is 0. The Balaban J connectivity index is -0.000000180. The van der Waals surface area contributed by atoms with E-state index in [0.29, 0.717) is 0 Å². The van der Waals surface area contributed by atoms with Crippen molar-refractivity contribution in [2.45, 2.75) is 0 Å². The van der Waals surface area contributed by atoms with E-state index in [0.717, 1.165) is 12.2 Å². The van der Waals surface area contributed by atoms with Crippen molar-refractivity contribution in [1.29, 1.82) is 0 Å². The van der Waals surface area contributed by atoms with E-state index >= 15 is 0 Å². The molecule has 0 aromatic carbocycles. The summed E-state index contributed by atoms with van der Waals surface area (Å²) in [6.07, 6.45) is 7.16. The smallest absolute Gasteiger partial charge is 0.545 e. The van der Waals surface area contributed by atoms with Crippen LogP contribution in [-0.2, 0) is 29.1 Å². The van der Waals surface area contributed by atoms with Crippen LogP contribution in [0.1, 0.15) is 0 Å². The third-order valence-electron chi connectivity index (χ3n) is 0.737. The molecule has 0 saturated heterocycles. The molecule has 76 valence electrons. The second-order valence-corrected chi connectivity index (χ2v) is 1.83. The van der Waals surface area contributed by atoms with Crippen LogP contribution in [0.15, 0.2) is 49.6 Å². The van der Waals surface area contributed by atoms with Crippen molar-refractivity contribution in [3.63, 3.8) is 0 Å². The number of carboxylic acid groups (broad SMARTS) is 2. The first-order valence-electron chi connectivity index (χ1n) is 3.54. The maximum Gasteiger partial charge on any atom is 2.00 e. The van der Waals surface area contributed by atoms with Gasteiger partial charge in [0.25, 0.3) is 0 Å². The van der Waals surface area contributed by atoms with Crippen molar-refractivity contribution in [2.75, 3.05) is 0 Å². The third kappa shape index (κ3) is 32.6. The molecule has 0 fully saturated rings. The van der Waals surface area contributed by atoms with Gasteiger partial charge in [0.2, 0.25) is 0 Å². The van der Waals surface area contributed by atoms with Crippen molar-refractivity contribution < 1.29 is 39.3 Å². The first-order chi connectivity index (χ1) is 6.54. The zero-order chi connectivity index (χ0) is 11.4. The molecule has 0 atom stereocenters. The van der Waals surface area contributed by atoms with Crippen molar-refractivity contribution in [3.05, 3.63) is 49.6 Å². The molecule has 0 aliphatic carbocycles. The van der Waals surface area contributed by atoms with Gasteiger partial charge in [0.1, 0.15) is 0 Å². The minimum atomic E-state index is -1.19. The second kappa shape index (κ2) is 15.0. The van der Waals surface area contributed by atoms with Gasteiger partial charge in [0.15, 0.2) is 0 Å². The van der Waals surface area contributed by atoms with Gasteiger partial charge in [0.05, 0.1) is 11.9 Å². The molecule has 0 aliphatic heterocycles. The molecule has 0 radical (unpaired) electrons. The van der Waals surface area contributed by atoms with Gasteiger partial charge in [-0.05, 0) is 12.2 Å². The first-order valence-corrected chi connectivity index (χ1v) is 3.54. The number of aliphatic carboxylic acids is 2. The quantitative estimate of drug-likeness (QED) is 0.367. The standard InChI is InChI=1S/2C5H6O2.Zn/c2*1-2-3-4-5(6)7;/h2*2-4H,1H2,(H,6,7);/q;;+2/p-2. The molecule has 0 bridgehead atoms. The van der Waals surface area contributed by atoms with Crippen LogP contribution in [0, 0.1) is 0 Å². The van der Waals surface area contributed by atoms with E-state index < -0.39 is 11.9 Å². The summed E-state index contributed by atoms with van der Waals surface area (Å²) in [7, 11) is 0. The molecule has 4 nitrogen and oxygen atoms in total. The summed E-state index contributed by atoms with van der Waals surface area (Å²) in [5, 5.41) is 19.0. The zero-order valence-electron chi connectivity index (χ0n) is 8.22. The van der Waals surface area contributed by atoms with Gasteiger partial charge in [-0.1, -0.05) is 37.5 Å². The second-order valence-electron chi connectivity index (χ2n) is 1.83. The topological polar surface area (TPSA) is 80.3 Å². The van der Waals surface area contributed by atoms with Crippen LogP contribution in [0.2, 0.25) is 0 Å². The Morgan fingerprint density at radius 3 is 1.20 bits per heavy atom. The normalized spacial score (nSPS) is 8.53. The Bertz CT molecular complexity index is 239. The number of carboxylic acids is 2. The van der Waals surface area contributed by atoms with E-state index in [4.69, 9.17) is 0 Å². The monoisotopic (exact) mass is 258 g/mol. The summed E-state index contributed by atoms with van der Waals surface area (Å²) < 4.78 is 0. The van der Waals surface area contributed by atoms with Gasteiger partial charge in [-0.3, -0.25) is 0 Å². The average molecular weight is 260 g/mol. The Morgan fingerprint density at radius 2 is 1.13 bits per heavy atom. The zero-order valence-corrected chi connectivity index (χ0v) is 11.2. The van der Waals surface area contributed by atoms with E-state index in [1.807, 2.05) is 0 Å². The molecule has 0 rings (SSSR count). The Labute approximate surface area is 101 Å². The molecule has 15 heavy (non-hydrogen) atoms. The summed E-state index contributed by atoms with van der Waals surface area (Å²) >= 11 is 0. The van der Waals surface area contributed by atoms with Crippen LogP contribution in [0.4, 0.5) is 0 Å². The molecule has 0 amide bonds. The summed E-state index contributed by atoms with van der Waals surface area (Å²) in [4.78, 5) is 19.0. The molecule has 5 heteroatoms. The molecule has 0 aromatic heterocycles. The first kappa shape index (κ1) is 19.2. The maximum atomic E-state index is 9.51. The average Bonchev–Trinajstić information content (AvgIpc) is 2.12. The minimum Gasteiger partial charge on any atom is -0.545 e. The molecule has 0 aliphatic rings. The molecular formula is C10H10O4Zn. The predicted octanol–water partition coefficient (Wildman–Crippen LogP) is -1.05. The predicted molar refractivity (Wildman–Crippen MR) is 48.7 cm³/mol. The van der Waals surface area contributed by atoms with Crippen LogP contribution in [0.5, 0.6) is 0 Å². The number of carbonyl (C=O) groups excluding carboxylic acids is 2. The third-order valence-corrected chi connectivity index (χ3v) is 0.737. The molecule has 0 N–H and O–H groups in total. The Hall–Kier alpha value is -1.48. The van der Waals surface area contributed by atoms with Crippen molar-refractivity contribution in [3.8, 4) is 0 Å². The van der Waals surface area contributed by atoms with E-state index in [2.05, 4.69) is 13.2 Å². The number of rotatable bonds is 4. The van der Waals surface area contributed by atoms with Gasteiger partial charge in [-0.2, -0.15) is 0 Å². The van der Waals surface area contributed by atoms with Crippen molar-refractivity contribution >= 4 is 11.9 Å². The molecule has 0 unspecified atom stereocenters. The minimum absolute atomic E-state index is 0. The summed E-state index contributed by atoms with van der Waals surface area (Å²) in [6.45, 7) is 6.51. The molecule has 0 spiro atoms. The van der Waals surface area contributed by atoms with Gasteiger partial charge in [-0.15, -0.1) is 0 Å². The van der Waals surface area contributed by atoms with Crippen molar-refractivity contribution in [1.82, 2.24) is 0 Å². The van der Waals surface area contributed by atoms with E-state index in [1.165, 1.54) is 24.3 Å². The fourth-order valence-electron chi connectivity index (χ4n) is 0.293.